The SMILES string of the molecule is C=CCS[SiH2][SiH3]. The average Bonchev–Trinajstić information content (AvgIpc) is 1.61. The predicted molar refractivity (Wildman–Crippen MR) is 41.1 cm³/mol. The Labute approximate surface area is 48.1 Å². The molecule has 0 aromatic carbocycles. The summed E-state index contributed by atoms with van der Waals surface area (Å²) in [6.07, 6.45) is 1.98. The van der Waals surface area contributed by atoms with Crippen molar-refractivity contribution in [2.75, 3.05) is 5.75 Å². The molecule has 0 spiro atoms. The maximum atomic E-state index is 3.62. The van der Waals surface area contributed by atoms with Crippen LogP contribution in [0.25, 0.3) is 0 Å². The Hall–Kier alpha value is 0.524. The van der Waals surface area contributed by atoms with Crippen LogP contribution < -0.4 is 0 Å². The summed E-state index contributed by atoms with van der Waals surface area (Å²) in [6, 6.07) is 0. The quantitative estimate of drug-likeness (QED) is 0.279. The molecule has 0 N–H and O–H groups in total. The minimum absolute atomic E-state index is 0.387. The molecule has 0 aliphatic rings. The molecule has 0 aliphatic carbocycles. The van der Waals surface area contributed by atoms with Crippen LogP contribution >= 0.6 is 11.2 Å². The second kappa shape index (κ2) is 5.52. The molecule has 0 saturated heterocycles. The van der Waals surface area contributed by atoms with E-state index < -0.39 is 0 Å². The molecule has 0 unspecified atom stereocenters. The van der Waals surface area contributed by atoms with Crippen LogP contribution in [0.1, 0.15) is 0 Å². The lowest BCUT2D eigenvalue weighted by molar-refractivity contribution is 1.84. The van der Waals surface area contributed by atoms with Gasteiger partial charge in [0.1, 0.15) is 0 Å². The van der Waals surface area contributed by atoms with E-state index in [1.165, 1.54) is 15.5 Å². The summed E-state index contributed by atoms with van der Waals surface area (Å²) in [4.78, 5) is 0. The highest BCUT2D eigenvalue weighted by atomic mass is 32.4. The van der Waals surface area contributed by atoms with E-state index >= 15 is 0 Å². The second-order valence-corrected chi connectivity index (χ2v) is 10.4. The first-order valence-corrected chi connectivity index (χ1v) is 10.6. The van der Waals surface area contributed by atoms with E-state index in [-0.39, 0.29) is 0 Å². The molecule has 36 valence electrons. The first-order chi connectivity index (χ1) is 2.91. The van der Waals surface area contributed by atoms with Crippen LogP contribution in [0, 0.1) is 0 Å². The Balaban J connectivity index is 2.49. The molecular weight excluding hydrogens is 124 g/mol. The van der Waals surface area contributed by atoms with Gasteiger partial charge in [-0.3, -0.25) is 0 Å². The largest absolute Gasteiger partial charge is 0.194 e. The summed E-state index contributed by atoms with van der Waals surface area (Å²) in [5, 5.41) is 0. The lowest BCUT2D eigenvalue weighted by Crippen LogP contribution is -1.79. The van der Waals surface area contributed by atoms with Crippen molar-refractivity contribution in [3.8, 4) is 0 Å². The van der Waals surface area contributed by atoms with Gasteiger partial charge in [0.15, 0.2) is 0 Å². The van der Waals surface area contributed by atoms with Crippen LogP contribution in [-0.4, -0.2) is 23.7 Å². The first kappa shape index (κ1) is 6.52. The van der Waals surface area contributed by atoms with Crippen molar-refractivity contribution in [3.05, 3.63) is 12.7 Å². The van der Waals surface area contributed by atoms with E-state index in [1.807, 2.05) is 6.08 Å². The number of hydrogen-bond donors (Lipinski definition) is 0. The number of rotatable bonds is 3. The van der Waals surface area contributed by atoms with Gasteiger partial charge in [0.05, 0.1) is 8.19 Å². The lowest BCUT2D eigenvalue weighted by atomic mass is 10.8. The summed E-state index contributed by atoms with van der Waals surface area (Å²) in [5.41, 5.74) is 0. The molecule has 3 heteroatoms. The third-order valence-corrected chi connectivity index (χ3v) is 6.93. The molecule has 0 heterocycles. The molecule has 0 aromatic rings. The van der Waals surface area contributed by atoms with Crippen molar-refractivity contribution < 1.29 is 0 Å². The van der Waals surface area contributed by atoms with Crippen LogP contribution in [0.2, 0.25) is 0 Å². The van der Waals surface area contributed by atoms with Crippen molar-refractivity contribution >= 4 is 29.2 Å². The van der Waals surface area contributed by atoms with Crippen LogP contribution in [0.5, 0.6) is 0 Å². The minimum atomic E-state index is 0.387. The highest BCUT2D eigenvalue weighted by molar-refractivity contribution is 8.26. The lowest BCUT2D eigenvalue weighted by Gasteiger charge is -1.82. The molecule has 0 rings (SSSR count). The maximum Gasteiger partial charge on any atom is 0.0681 e. The van der Waals surface area contributed by atoms with E-state index in [1.54, 1.807) is 0 Å². The third-order valence-electron chi connectivity index (χ3n) is 0.440. The predicted octanol–water partition coefficient (Wildman–Crippen LogP) is -0.730. The zero-order chi connectivity index (χ0) is 4.83. The third kappa shape index (κ3) is 4.52. The highest BCUT2D eigenvalue weighted by Gasteiger charge is 1.71. The monoisotopic (exact) mass is 134 g/mol. The van der Waals surface area contributed by atoms with Gasteiger partial charge in [-0.15, -0.1) is 6.58 Å². The fraction of sp³-hybridized carbons (Fsp3) is 0.333. The smallest absolute Gasteiger partial charge is 0.0681 e. The van der Waals surface area contributed by atoms with E-state index in [9.17, 15) is 0 Å². The molecule has 0 aromatic heterocycles. The summed E-state index contributed by atoms with van der Waals surface area (Å²) in [7, 11) is 1.84. The van der Waals surface area contributed by atoms with Gasteiger partial charge < -0.3 is 0 Å². The van der Waals surface area contributed by atoms with E-state index in [4.69, 9.17) is 0 Å². The summed E-state index contributed by atoms with van der Waals surface area (Å²) in [5.74, 6) is 1.19. The van der Waals surface area contributed by atoms with Crippen LogP contribution in [0.15, 0.2) is 12.7 Å². The Morgan fingerprint density at radius 3 is 2.83 bits per heavy atom. The first-order valence-electron chi connectivity index (χ1n) is 2.10. The average molecular weight is 134 g/mol. The molecule has 0 nitrogen and oxygen atoms in total. The van der Waals surface area contributed by atoms with Crippen molar-refractivity contribution in [2.24, 2.45) is 0 Å². The maximum absolute atomic E-state index is 3.62. The van der Waals surface area contributed by atoms with Crippen LogP contribution in [-0.2, 0) is 0 Å². The van der Waals surface area contributed by atoms with Gasteiger partial charge in [-0.2, -0.15) is 11.2 Å². The van der Waals surface area contributed by atoms with Gasteiger partial charge in [0, 0.05) is 15.5 Å². The zero-order valence-electron chi connectivity index (χ0n) is 4.11. The van der Waals surface area contributed by atoms with Gasteiger partial charge in [-0.1, -0.05) is 6.08 Å². The van der Waals surface area contributed by atoms with Gasteiger partial charge in [-0.25, -0.2) is 0 Å². The fourth-order valence-corrected chi connectivity index (χ4v) is 3.93. The molecular formula is C3H10SSi2. The van der Waals surface area contributed by atoms with Gasteiger partial charge >= 0.3 is 0 Å². The van der Waals surface area contributed by atoms with Crippen molar-refractivity contribution in [3.63, 3.8) is 0 Å². The normalized spacial score (nSPS) is 10.7. The molecule has 0 bridgehead atoms. The molecule has 0 saturated carbocycles. The molecule has 0 radical (unpaired) electrons. The van der Waals surface area contributed by atoms with Crippen molar-refractivity contribution in [1.29, 1.82) is 0 Å². The summed E-state index contributed by atoms with van der Waals surface area (Å²) >= 11 is 2.09. The van der Waals surface area contributed by atoms with E-state index in [2.05, 4.69) is 17.8 Å². The van der Waals surface area contributed by atoms with Gasteiger partial charge in [0.25, 0.3) is 0 Å². The van der Waals surface area contributed by atoms with Crippen molar-refractivity contribution in [2.45, 2.75) is 0 Å². The topological polar surface area (TPSA) is 0 Å². The van der Waals surface area contributed by atoms with E-state index in [0.717, 1.165) is 0 Å². The summed E-state index contributed by atoms with van der Waals surface area (Å²) < 4.78 is 0. The zero-order valence-corrected chi connectivity index (χ0v) is 8.34. The van der Waals surface area contributed by atoms with E-state index in [0.29, 0.717) is 8.19 Å². The fourth-order valence-electron chi connectivity index (χ4n) is 0.201. The van der Waals surface area contributed by atoms with Gasteiger partial charge in [-0.05, 0) is 0 Å². The Morgan fingerprint density at radius 2 is 2.67 bits per heavy atom. The van der Waals surface area contributed by atoms with Crippen LogP contribution in [0.4, 0.5) is 0 Å². The molecule has 6 heavy (non-hydrogen) atoms. The highest BCUT2D eigenvalue weighted by Crippen LogP contribution is 1.90. The Bertz CT molecular complexity index is 37.8. The number of hydrogen-bond acceptors (Lipinski definition) is 1. The molecule has 0 aliphatic heterocycles. The molecule has 0 amide bonds. The Morgan fingerprint density at radius 1 is 2.00 bits per heavy atom. The summed E-state index contributed by atoms with van der Waals surface area (Å²) in [6.45, 7) is 3.62. The van der Waals surface area contributed by atoms with Crippen molar-refractivity contribution in [1.82, 2.24) is 0 Å². The second-order valence-electron chi connectivity index (χ2n) is 0.948. The minimum Gasteiger partial charge on any atom is -0.194 e. The molecule has 0 fully saturated rings. The standard InChI is InChI=1S/C3H10SSi2/c1-2-3-4-6-5/h2H,1,3,6H2,5H3. The molecule has 0 atom stereocenters. The van der Waals surface area contributed by atoms with Gasteiger partial charge in [0.2, 0.25) is 0 Å². The Kier molecular flexibility index (Phi) is 6.01. The van der Waals surface area contributed by atoms with Crippen LogP contribution in [0.3, 0.4) is 0 Å².